The van der Waals surface area contributed by atoms with Gasteiger partial charge >= 0.3 is 0 Å². The molecule has 0 aliphatic rings. The molecule has 0 amide bonds. The van der Waals surface area contributed by atoms with E-state index >= 15 is 0 Å². The maximum Gasteiger partial charge on any atom is 0.119 e. The van der Waals surface area contributed by atoms with Crippen molar-refractivity contribution in [3.05, 3.63) is 63.6 Å². The quantitative estimate of drug-likeness (QED) is 0.616. The van der Waals surface area contributed by atoms with Crippen molar-refractivity contribution in [3.63, 3.8) is 0 Å². The molecule has 1 atom stereocenters. The van der Waals surface area contributed by atoms with Crippen molar-refractivity contribution in [2.24, 2.45) is 5.92 Å². The first kappa shape index (κ1) is 16.5. The van der Waals surface area contributed by atoms with Crippen LogP contribution in [0.25, 0.3) is 0 Å². The van der Waals surface area contributed by atoms with Crippen molar-refractivity contribution < 1.29 is 4.74 Å². The van der Waals surface area contributed by atoms with Crippen LogP contribution in [0.4, 0.5) is 0 Å². The maximum atomic E-state index is 6.12. The van der Waals surface area contributed by atoms with Crippen LogP contribution in [0.15, 0.2) is 42.5 Å². The van der Waals surface area contributed by atoms with Gasteiger partial charge in [0.2, 0.25) is 0 Å². The van der Waals surface area contributed by atoms with Gasteiger partial charge in [0.05, 0.1) is 17.2 Å². The van der Waals surface area contributed by atoms with Gasteiger partial charge in [0, 0.05) is 5.88 Å². The van der Waals surface area contributed by atoms with Crippen molar-refractivity contribution in [1.29, 1.82) is 0 Å². The Morgan fingerprint density at radius 3 is 2.29 bits per heavy atom. The largest absolute Gasteiger partial charge is 0.497 e. The molecule has 21 heavy (non-hydrogen) atoms. The van der Waals surface area contributed by atoms with E-state index in [2.05, 4.69) is 6.07 Å². The molecule has 0 radical (unpaired) electrons. The first-order valence-corrected chi connectivity index (χ1v) is 8.04. The zero-order valence-corrected chi connectivity index (χ0v) is 14.1. The molecule has 0 aliphatic heterocycles. The molecule has 0 N–H and O–H groups in total. The lowest BCUT2D eigenvalue weighted by atomic mass is 9.94. The molecule has 0 aromatic heterocycles. The fraction of sp³-hybridized carbons (Fsp3) is 0.294. The Labute approximate surface area is 140 Å². The normalized spacial score (nSPS) is 12.2. The van der Waals surface area contributed by atoms with E-state index in [0.717, 1.165) is 24.2 Å². The van der Waals surface area contributed by atoms with Crippen LogP contribution in [-0.4, -0.2) is 13.0 Å². The van der Waals surface area contributed by atoms with Crippen molar-refractivity contribution in [2.75, 3.05) is 13.0 Å². The average molecular weight is 344 g/mol. The third-order valence-electron chi connectivity index (χ3n) is 3.39. The maximum absolute atomic E-state index is 6.12. The number of hydrogen-bond acceptors (Lipinski definition) is 1. The van der Waals surface area contributed by atoms with E-state index in [1.54, 1.807) is 7.11 Å². The van der Waals surface area contributed by atoms with E-state index in [0.29, 0.717) is 21.8 Å². The first-order chi connectivity index (χ1) is 10.1. The van der Waals surface area contributed by atoms with Crippen molar-refractivity contribution in [3.8, 4) is 5.75 Å². The van der Waals surface area contributed by atoms with Crippen LogP contribution in [-0.2, 0) is 12.8 Å². The molecule has 2 aromatic carbocycles. The van der Waals surface area contributed by atoms with E-state index in [9.17, 15) is 0 Å². The van der Waals surface area contributed by atoms with Gasteiger partial charge in [-0.15, -0.1) is 11.6 Å². The van der Waals surface area contributed by atoms with Gasteiger partial charge in [0.1, 0.15) is 5.75 Å². The molecule has 0 bridgehead atoms. The standard InChI is InChI=1S/C17H17Cl3O/c1-21-15-4-2-3-12(9-15)7-14(11-18)8-13-5-6-16(19)17(20)10-13/h2-6,9-10,14H,7-8,11H2,1H3. The molecule has 0 aliphatic carbocycles. The molecule has 0 saturated carbocycles. The summed E-state index contributed by atoms with van der Waals surface area (Å²) in [6, 6.07) is 13.8. The Morgan fingerprint density at radius 2 is 1.67 bits per heavy atom. The summed E-state index contributed by atoms with van der Waals surface area (Å²) < 4.78 is 5.25. The third kappa shape index (κ3) is 4.81. The van der Waals surface area contributed by atoms with Crippen molar-refractivity contribution in [2.45, 2.75) is 12.8 Å². The van der Waals surface area contributed by atoms with E-state index in [4.69, 9.17) is 39.5 Å². The molecule has 0 heterocycles. The Balaban J connectivity index is 2.07. The smallest absolute Gasteiger partial charge is 0.119 e. The molecule has 1 unspecified atom stereocenters. The molecule has 0 fully saturated rings. The van der Waals surface area contributed by atoms with Gasteiger partial charge in [-0.3, -0.25) is 0 Å². The lowest BCUT2D eigenvalue weighted by molar-refractivity contribution is 0.414. The lowest BCUT2D eigenvalue weighted by Crippen LogP contribution is -2.10. The van der Waals surface area contributed by atoms with Gasteiger partial charge in [-0.05, 0) is 54.2 Å². The highest BCUT2D eigenvalue weighted by Gasteiger charge is 2.11. The number of rotatable bonds is 6. The third-order valence-corrected chi connectivity index (χ3v) is 4.56. The fourth-order valence-electron chi connectivity index (χ4n) is 2.31. The van der Waals surface area contributed by atoms with Crippen LogP contribution >= 0.6 is 34.8 Å². The minimum Gasteiger partial charge on any atom is -0.497 e. The lowest BCUT2D eigenvalue weighted by Gasteiger charge is -2.15. The molecule has 1 nitrogen and oxygen atoms in total. The van der Waals surface area contributed by atoms with Gasteiger partial charge in [-0.25, -0.2) is 0 Å². The van der Waals surface area contributed by atoms with Crippen molar-refractivity contribution >= 4 is 34.8 Å². The highest BCUT2D eigenvalue weighted by Crippen LogP contribution is 2.25. The second-order valence-electron chi connectivity index (χ2n) is 5.03. The Kier molecular flexibility index (Phi) is 6.22. The number of alkyl halides is 1. The zero-order valence-electron chi connectivity index (χ0n) is 11.8. The number of methoxy groups -OCH3 is 1. The number of halogens is 3. The van der Waals surface area contributed by atoms with Crippen LogP contribution < -0.4 is 4.74 Å². The summed E-state index contributed by atoms with van der Waals surface area (Å²) in [4.78, 5) is 0. The summed E-state index contributed by atoms with van der Waals surface area (Å²) in [5, 5.41) is 1.17. The van der Waals surface area contributed by atoms with Gasteiger partial charge < -0.3 is 4.74 Å². The van der Waals surface area contributed by atoms with Gasteiger partial charge in [-0.2, -0.15) is 0 Å². The second-order valence-corrected chi connectivity index (χ2v) is 6.15. The summed E-state index contributed by atoms with van der Waals surface area (Å²) in [6.45, 7) is 0. The average Bonchev–Trinajstić information content (AvgIpc) is 2.50. The molecular weight excluding hydrogens is 327 g/mol. The topological polar surface area (TPSA) is 9.23 Å². The van der Waals surface area contributed by atoms with Crippen LogP contribution in [0.5, 0.6) is 5.75 Å². The Hall–Kier alpha value is -0.890. The summed E-state index contributed by atoms with van der Waals surface area (Å²) in [7, 11) is 1.67. The minimum absolute atomic E-state index is 0.344. The van der Waals surface area contributed by atoms with Gasteiger partial charge in [0.15, 0.2) is 0 Å². The molecule has 0 spiro atoms. The highest BCUT2D eigenvalue weighted by molar-refractivity contribution is 6.42. The van der Waals surface area contributed by atoms with Crippen LogP contribution in [0, 0.1) is 5.92 Å². The fourth-order valence-corrected chi connectivity index (χ4v) is 2.85. The highest BCUT2D eigenvalue weighted by atomic mass is 35.5. The molecule has 0 saturated heterocycles. The van der Waals surface area contributed by atoms with Crippen LogP contribution in [0.2, 0.25) is 10.0 Å². The van der Waals surface area contributed by atoms with Crippen LogP contribution in [0.3, 0.4) is 0 Å². The van der Waals surface area contributed by atoms with Crippen LogP contribution in [0.1, 0.15) is 11.1 Å². The molecule has 2 aromatic rings. The molecular formula is C17H17Cl3O. The summed E-state index contributed by atoms with van der Waals surface area (Å²) in [6.07, 6.45) is 1.78. The predicted molar refractivity (Wildman–Crippen MR) is 91.1 cm³/mol. The minimum atomic E-state index is 0.344. The monoisotopic (exact) mass is 342 g/mol. The number of benzene rings is 2. The molecule has 2 rings (SSSR count). The Bertz CT molecular complexity index is 598. The summed E-state index contributed by atoms with van der Waals surface area (Å²) in [5.41, 5.74) is 2.37. The van der Waals surface area contributed by atoms with Crippen molar-refractivity contribution in [1.82, 2.24) is 0 Å². The van der Waals surface area contributed by atoms with E-state index < -0.39 is 0 Å². The Morgan fingerprint density at radius 1 is 0.952 bits per heavy atom. The number of ether oxygens (including phenoxy) is 1. The molecule has 112 valence electrons. The summed E-state index contributed by atoms with van der Waals surface area (Å²) >= 11 is 18.1. The van der Waals surface area contributed by atoms with E-state index in [1.807, 2.05) is 36.4 Å². The first-order valence-electron chi connectivity index (χ1n) is 6.75. The second kappa shape index (κ2) is 7.93. The van der Waals surface area contributed by atoms with Gasteiger partial charge in [0.25, 0.3) is 0 Å². The van der Waals surface area contributed by atoms with E-state index in [1.165, 1.54) is 5.56 Å². The SMILES string of the molecule is COc1cccc(CC(CCl)Cc2ccc(Cl)c(Cl)c2)c1. The number of hydrogen-bond donors (Lipinski definition) is 0. The summed E-state index contributed by atoms with van der Waals surface area (Å²) in [5.74, 6) is 1.81. The predicted octanol–water partition coefficient (Wildman–Crippen LogP) is 5.64. The molecule has 4 heteroatoms. The van der Waals surface area contributed by atoms with E-state index in [-0.39, 0.29) is 0 Å². The van der Waals surface area contributed by atoms with Gasteiger partial charge in [-0.1, -0.05) is 41.4 Å². The zero-order chi connectivity index (χ0) is 15.2.